The number of hydrogen-bond donors (Lipinski definition) is 2. The standard InChI is InChI=1S/C14H19FN2OS/c15-11-3-4-13(12(8-11)14(16)19)17-6-1-2-10(9-17)5-7-18/h3-4,8,10,18H,1-2,5-7,9H2,(H2,16,19). The number of anilines is 1. The first kappa shape index (κ1) is 14.2. The first-order valence-electron chi connectivity index (χ1n) is 6.57. The lowest BCUT2D eigenvalue weighted by atomic mass is 9.94. The van der Waals surface area contributed by atoms with Gasteiger partial charge in [-0.1, -0.05) is 12.2 Å². The number of piperidine rings is 1. The zero-order valence-electron chi connectivity index (χ0n) is 10.8. The van der Waals surface area contributed by atoms with Crippen molar-refractivity contribution in [1.82, 2.24) is 0 Å². The molecule has 1 unspecified atom stereocenters. The Labute approximate surface area is 118 Å². The lowest BCUT2D eigenvalue weighted by Crippen LogP contribution is -2.37. The molecular formula is C14H19FN2OS. The number of rotatable bonds is 4. The molecule has 1 atom stereocenters. The maximum atomic E-state index is 13.3. The molecule has 0 aromatic heterocycles. The van der Waals surface area contributed by atoms with Crippen LogP contribution in [0.3, 0.4) is 0 Å². The van der Waals surface area contributed by atoms with Crippen LogP contribution in [-0.2, 0) is 0 Å². The number of benzene rings is 1. The molecule has 19 heavy (non-hydrogen) atoms. The predicted molar refractivity (Wildman–Crippen MR) is 78.9 cm³/mol. The summed E-state index contributed by atoms with van der Waals surface area (Å²) in [5.41, 5.74) is 7.18. The van der Waals surface area contributed by atoms with Crippen molar-refractivity contribution < 1.29 is 9.50 Å². The van der Waals surface area contributed by atoms with Crippen molar-refractivity contribution >= 4 is 22.9 Å². The minimum Gasteiger partial charge on any atom is -0.396 e. The Morgan fingerprint density at radius 1 is 1.53 bits per heavy atom. The highest BCUT2D eigenvalue weighted by Crippen LogP contribution is 2.28. The molecule has 1 saturated heterocycles. The van der Waals surface area contributed by atoms with E-state index in [9.17, 15) is 4.39 Å². The summed E-state index contributed by atoms with van der Waals surface area (Å²) in [5, 5.41) is 9.05. The third-order valence-corrected chi connectivity index (χ3v) is 3.84. The first-order chi connectivity index (χ1) is 9.11. The fraction of sp³-hybridized carbons (Fsp3) is 0.500. The van der Waals surface area contributed by atoms with Gasteiger partial charge >= 0.3 is 0 Å². The molecule has 1 aromatic rings. The first-order valence-corrected chi connectivity index (χ1v) is 6.98. The van der Waals surface area contributed by atoms with E-state index >= 15 is 0 Å². The summed E-state index contributed by atoms with van der Waals surface area (Å²) in [6, 6.07) is 4.57. The molecule has 1 aliphatic rings. The molecule has 0 saturated carbocycles. The minimum absolute atomic E-state index is 0.212. The van der Waals surface area contributed by atoms with Gasteiger partial charge in [-0.05, 0) is 43.4 Å². The lowest BCUT2D eigenvalue weighted by molar-refractivity contribution is 0.244. The number of nitrogens with zero attached hydrogens (tertiary/aromatic N) is 1. The Morgan fingerprint density at radius 3 is 3.00 bits per heavy atom. The Hall–Kier alpha value is -1.20. The third kappa shape index (κ3) is 3.42. The highest BCUT2D eigenvalue weighted by molar-refractivity contribution is 7.80. The fourth-order valence-corrected chi connectivity index (χ4v) is 2.85. The quantitative estimate of drug-likeness (QED) is 0.830. The van der Waals surface area contributed by atoms with Crippen LogP contribution in [-0.4, -0.2) is 29.8 Å². The summed E-state index contributed by atoms with van der Waals surface area (Å²) < 4.78 is 13.3. The number of thiocarbonyl (C=S) groups is 1. The zero-order chi connectivity index (χ0) is 13.8. The Balaban J connectivity index is 2.23. The van der Waals surface area contributed by atoms with Crippen molar-refractivity contribution in [2.75, 3.05) is 24.6 Å². The van der Waals surface area contributed by atoms with Crippen molar-refractivity contribution in [3.8, 4) is 0 Å². The monoisotopic (exact) mass is 282 g/mol. The van der Waals surface area contributed by atoms with E-state index in [2.05, 4.69) is 4.90 Å². The molecular weight excluding hydrogens is 263 g/mol. The van der Waals surface area contributed by atoms with Gasteiger partial charge in [-0.25, -0.2) is 4.39 Å². The molecule has 1 fully saturated rings. The average Bonchev–Trinajstić information content (AvgIpc) is 2.39. The van der Waals surface area contributed by atoms with Crippen LogP contribution in [0.1, 0.15) is 24.8 Å². The van der Waals surface area contributed by atoms with Crippen molar-refractivity contribution in [1.29, 1.82) is 0 Å². The van der Waals surface area contributed by atoms with Crippen LogP contribution in [0.2, 0.25) is 0 Å². The second-order valence-corrected chi connectivity index (χ2v) is 5.43. The second kappa shape index (κ2) is 6.30. The van der Waals surface area contributed by atoms with Gasteiger partial charge in [0.25, 0.3) is 0 Å². The highest BCUT2D eigenvalue weighted by Gasteiger charge is 2.22. The molecule has 3 N–H and O–H groups in total. The topological polar surface area (TPSA) is 49.5 Å². The molecule has 0 amide bonds. The van der Waals surface area contributed by atoms with Crippen LogP contribution < -0.4 is 10.6 Å². The van der Waals surface area contributed by atoms with Crippen LogP contribution in [0.15, 0.2) is 18.2 Å². The Morgan fingerprint density at radius 2 is 2.32 bits per heavy atom. The number of halogens is 1. The van der Waals surface area contributed by atoms with Crippen LogP contribution in [0.5, 0.6) is 0 Å². The summed E-state index contributed by atoms with van der Waals surface area (Å²) in [4.78, 5) is 2.41. The van der Waals surface area contributed by atoms with E-state index in [1.165, 1.54) is 12.1 Å². The van der Waals surface area contributed by atoms with Gasteiger partial charge in [-0.15, -0.1) is 0 Å². The molecule has 3 nitrogen and oxygen atoms in total. The smallest absolute Gasteiger partial charge is 0.124 e. The molecule has 1 aliphatic heterocycles. The van der Waals surface area contributed by atoms with Gasteiger partial charge in [0.2, 0.25) is 0 Å². The van der Waals surface area contributed by atoms with Gasteiger partial charge in [0.15, 0.2) is 0 Å². The number of aliphatic hydroxyl groups excluding tert-OH is 1. The summed E-state index contributed by atoms with van der Waals surface area (Å²) in [7, 11) is 0. The van der Waals surface area contributed by atoms with Crippen molar-refractivity contribution in [3.63, 3.8) is 0 Å². The minimum atomic E-state index is -0.324. The Kier molecular flexibility index (Phi) is 4.71. The SMILES string of the molecule is NC(=S)c1cc(F)ccc1N1CCCC(CCO)C1. The number of nitrogens with two attached hydrogens (primary N) is 1. The van der Waals surface area contributed by atoms with E-state index in [0.717, 1.165) is 38.0 Å². The predicted octanol–water partition coefficient (Wildman–Crippen LogP) is 2.06. The van der Waals surface area contributed by atoms with Crippen molar-refractivity contribution in [2.45, 2.75) is 19.3 Å². The van der Waals surface area contributed by atoms with E-state index in [1.54, 1.807) is 6.07 Å². The van der Waals surface area contributed by atoms with E-state index in [-0.39, 0.29) is 17.4 Å². The largest absolute Gasteiger partial charge is 0.396 e. The lowest BCUT2D eigenvalue weighted by Gasteiger charge is -2.35. The summed E-state index contributed by atoms with van der Waals surface area (Å²) in [5.74, 6) is 0.151. The van der Waals surface area contributed by atoms with E-state index in [4.69, 9.17) is 23.1 Å². The van der Waals surface area contributed by atoms with Crippen LogP contribution in [0.25, 0.3) is 0 Å². The van der Waals surface area contributed by atoms with Gasteiger partial charge in [0.1, 0.15) is 10.8 Å². The van der Waals surface area contributed by atoms with E-state index in [0.29, 0.717) is 11.5 Å². The second-order valence-electron chi connectivity index (χ2n) is 4.99. The average molecular weight is 282 g/mol. The normalized spacial score (nSPS) is 19.5. The van der Waals surface area contributed by atoms with Gasteiger partial charge in [0, 0.05) is 30.9 Å². The zero-order valence-corrected chi connectivity index (χ0v) is 11.6. The van der Waals surface area contributed by atoms with Crippen LogP contribution in [0.4, 0.5) is 10.1 Å². The van der Waals surface area contributed by atoms with Gasteiger partial charge in [0.05, 0.1) is 0 Å². The Bertz CT molecular complexity index is 465. The highest BCUT2D eigenvalue weighted by atomic mass is 32.1. The van der Waals surface area contributed by atoms with Crippen molar-refractivity contribution in [3.05, 3.63) is 29.6 Å². The van der Waals surface area contributed by atoms with Gasteiger partial charge in [-0.2, -0.15) is 0 Å². The molecule has 0 aliphatic carbocycles. The number of hydrogen-bond acceptors (Lipinski definition) is 3. The van der Waals surface area contributed by atoms with Gasteiger partial charge in [-0.3, -0.25) is 0 Å². The fourth-order valence-electron chi connectivity index (χ4n) is 2.68. The molecule has 0 spiro atoms. The number of aliphatic hydroxyl groups is 1. The maximum absolute atomic E-state index is 13.3. The summed E-state index contributed by atoms with van der Waals surface area (Å²) in [6.45, 7) is 2.00. The van der Waals surface area contributed by atoms with Crippen LogP contribution >= 0.6 is 12.2 Å². The van der Waals surface area contributed by atoms with Gasteiger partial charge < -0.3 is 15.7 Å². The molecule has 0 bridgehead atoms. The third-order valence-electron chi connectivity index (χ3n) is 3.62. The molecule has 2 rings (SSSR count). The molecule has 1 heterocycles. The summed E-state index contributed by atoms with van der Waals surface area (Å²) in [6.07, 6.45) is 3.00. The van der Waals surface area contributed by atoms with E-state index < -0.39 is 0 Å². The molecule has 0 radical (unpaired) electrons. The van der Waals surface area contributed by atoms with Crippen LogP contribution in [0, 0.1) is 11.7 Å². The molecule has 104 valence electrons. The maximum Gasteiger partial charge on any atom is 0.124 e. The van der Waals surface area contributed by atoms with Crippen molar-refractivity contribution in [2.24, 2.45) is 11.7 Å². The molecule has 5 heteroatoms. The van der Waals surface area contributed by atoms with E-state index in [1.807, 2.05) is 0 Å². The summed E-state index contributed by atoms with van der Waals surface area (Å²) >= 11 is 5.00. The molecule has 1 aromatic carbocycles.